The summed E-state index contributed by atoms with van der Waals surface area (Å²) < 4.78 is 28.9. The Balaban J connectivity index is 1.91. The van der Waals surface area contributed by atoms with E-state index in [2.05, 4.69) is 37.9 Å². The first-order valence-electron chi connectivity index (χ1n) is 11.9. The number of nitrogens with one attached hydrogen (secondary N) is 1. The summed E-state index contributed by atoms with van der Waals surface area (Å²) in [4.78, 5) is 15.2. The third kappa shape index (κ3) is 6.01. The average Bonchev–Trinajstić information content (AvgIpc) is 2.74. The number of carbonyl (C=O) groups excluding carboxylic acids is 1. The second kappa shape index (κ2) is 10.3. The normalized spacial score (nSPS) is 19.7. The molecule has 3 rings (SSSR count). The maximum absolute atomic E-state index is 13.7. The molecule has 2 aliphatic rings. The van der Waals surface area contributed by atoms with Crippen molar-refractivity contribution in [2.75, 3.05) is 37.6 Å². The molecule has 0 bridgehead atoms. The molecule has 2 heterocycles. The number of hydrogen-bond acceptors (Lipinski definition) is 4. The van der Waals surface area contributed by atoms with Crippen LogP contribution >= 0.6 is 0 Å². The molecule has 0 saturated carbocycles. The topological polar surface area (TPSA) is 69.7 Å². The minimum atomic E-state index is -3.66. The van der Waals surface area contributed by atoms with Crippen LogP contribution in [0.15, 0.2) is 23.1 Å². The van der Waals surface area contributed by atoms with Gasteiger partial charge in [-0.2, -0.15) is 4.31 Å². The number of carbonyl (C=O) groups is 1. The van der Waals surface area contributed by atoms with Crippen LogP contribution in [-0.4, -0.2) is 51.4 Å². The van der Waals surface area contributed by atoms with Gasteiger partial charge in [0.25, 0.3) is 5.91 Å². The first-order chi connectivity index (χ1) is 14.7. The van der Waals surface area contributed by atoms with Crippen molar-refractivity contribution < 1.29 is 13.2 Å². The zero-order valence-electron chi connectivity index (χ0n) is 19.6. The molecule has 1 aromatic rings. The molecule has 1 N–H and O–H groups in total. The third-order valence-electron chi connectivity index (χ3n) is 6.71. The van der Waals surface area contributed by atoms with Crippen molar-refractivity contribution in [2.45, 2.75) is 64.7 Å². The van der Waals surface area contributed by atoms with Crippen LogP contribution in [0.2, 0.25) is 0 Å². The SMILES string of the molecule is CC(C)CCNC(=O)c1ccc(N2CCC(C)CC2)c(S(=O)(=O)N2CCC(C)CC2)c1. The predicted molar refractivity (Wildman–Crippen MR) is 126 cm³/mol. The summed E-state index contributed by atoms with van der Waals surface area (Å²) in [5.41, 5.74) is 1.16. The molecule has 2 saturated heterocycles. The second-order valence-corrected chi connectivity index (χ2v) is 11.8. The van der Waals surface area contributed by atoms with Crippen molar-refractivity contribution in [3.8, 4) is 0 Å². The fourth-order valence-electron chi connectivity index (χ4n) is 4.31. The molecular weight excluding hydrogens is 410 g/mol. The van der Waals surface area contributed by atoms with Gasteiger partial charge in [0.15, 0.2) is 0 Å². The van der Waals surface area contributed by atoms with Gasteiger partial charge < -0.3 is 10.2 Å². The standard InChI is InChI=1S/C24H39N3O3S/c1-18(2)7-12-25-24(28)21-5-6-22(26-13-8-19(3)9-14-26)23(17-21)31(29,30)27-15-10-20(4)11-16-27/h5-6,17-20H,7-16H2,1-4H3,(H,25,28). The lowest BCUT2D eigenvalue weighted by Gasteiger charge is -2.35. The molecule has 2 fully saturated rings. The monoisotopic (exact) mass is 449 g/mol. The molecule has 0 radical (unpaired) electrons. The largest absolute Gasteiger partial charge is 0.370 e. The Labute approximate surface area is 188 Å². The van der Waals surface area contributed by atoms with Gasteiger partial charge in [0.05, 0.1) is 5.69 Å². The van der Waals surface area contributed by atoms with Crippen molar-refractivity contribution in [2.24, 2.45) is 17.8 Å². The number of hydrogen-bond donors (Lipinski definition) is 1. The van der Waals surface area contributed by atoms with Crippen LogP contribution in [0.5, 0.6) is 0 Å². The van der Waals surface area contributed by atoms with Gasteiger partial charge in [-0.05, 0) is 68.1 Å². The van der Waals surface area contributed by atoms with Crippen LogP contribution in [0, 0.1) is 17.8 Å². The van der Waals surface area contributed by atoms with E-state index in [0.29, 0.717) is 43.0 Å². The van der Waals surface area contributed by atoms with Crippen molar-refractivity contribution in [1.82, 2.24) is 9.62 Å². The van der Waals surface area contributed by atoms with Crippen LogP contribution in [0.1, 0.15) is 70.2 Å². The first kappa shape index (κ1) is 24.1. The number of sulfonamides is 1. The van der Waals surface area contributed by atoms with Gasteiger partial charge in [0.1, 0.15) is 4.90 Å². The fraction of sp³-hybridized carbons (Fsp3) is 0.708. The van der Waals surface area contributed by atoms with Crippen LogP contribution in [0.3, 0.4) is 0 Å². The van der Waals surface area contributed by atoms with Gasteiger partial charge in [0.2, 0.25) is 10.0 Å². The van der Waals surface area contributed by atoms with Crippen LogP contribution < -0.4 is 10.2 Å². The number of anilines is 1. The molecule has 31 heavy (non-hydrogen) atoms. The number of rotatable bonds is 7. The van der Waals surface area contributed by atoms with Crippen molar-refractivity contribution in [3.63, 3.8) is 0 Å². The second-order valence-electron chi connectivity index (χ2n) is 9.88. The summed E-state index contributed by atoms with van der Waals surface area (Å²) in [5.74, 6) is 1.50. The Kier molecular flexibility index (Phi) is 8.03. The Morgan fingerprint density at radius 2 is 1.61 bits per heavy atom. The van der Waals surface area contributed by atoms with E-state index in [0.717, 1.165) is 50.9 Å². The molecule has 1 aromatic carbocycles. The molecular formula is C24H39N3O3S. The highest BCUT2D eigenvalue weighted by Gasteiger charge is 2.32. The number of amides is 1. The maximum Gasteiger partial charge on any atom is 0.251 e. The smallest absolute Gasteiger partial charge is 0.251 e. The molecule has 7 heteroatoms. The van der Waals surface area contributed by atoms with E-state index in [9.17, 15) is 13.2 Å². The number of nitrogens with zero attached hydrogens (tertiary/aromatic N) is 2. The van der Waals surface area contributed by atoms with Crippen LogP contribution in [-0.2, 0) is 10.0 Å². The van der Waals surface area contributed by atoms with E-state index in [1.54, 1.807) is 16.4 Å². The highest BCUT2D eigenvalue weighted by Crippen LogP contribution is 2.33. The van der Waals surface area contributed by atoms with E-state index in [1.165, 1.54) is 0 Å². The Morgan fingerprint density at radius 3 is 2.19 bits per heavy atom. The minimum Gasteiger partial charge on any atom is -0.370 e. The van der Waals surface area contributed by atoms with Crippen molar-refractivity contribution in [3.05, 3.63) is 23.8 Å². The average molecular weight is 450 g/mol. The zero-order chi connectivity index (χ0) is 22.6. The van der Waals surface area contributed by atoms with E-state index in [1.807, 2.05) is 6.07 Å². The minimum absolute atomic E-state index is 0.205. The lowest BCUT2D eigenvalue weighted by molar-refractivity contribution is 0.0952. The molecule has 174 valence electrons. The third-order valence-corrected chi connectivity index (χ3v) is 8.64. The van der Waals surface area contributed by atoms with Gasteiger partial charge in [-0.15, -0.1) is 0 Å². The number of benzene rings is 1. The summed E-state index contributed by atoms with van der Waals surface area (Å²) in [6.45, 7) is 12.0. The van der Waals surface area contributed by atoms with Crippen molar-refractivity contribution >= 4 is 21.6 Å². The summed E-state index contributed by atoms with van der Waals surface area (Å²) in [6.07, 6.45) is 4.76. The quantitative estimate of drug-likeness (QED) is 0.680. The van der Waals surface area contributed by atoms with Gasteiger partial charge in [-0.1, -0.05) is 27.7 Å². The lowest BCUT2D eigenvalue weighted by atomic mass is 9.98. The first-order valence-corrected chi connectivity index (χ1v) is 13.3. The molecule has 0 unspecified atom stereocenters. The Hall–Kier alpha value is -1.60. The highest BCUT2D eigenvalue weighted by atomic mass is 32.2. The molecule has 0 spiro atoms. The zero-order valence-corrected chi connectivity index (χ0v) is 20.4. The van der Waals surface area contributed by atoms with E-state index >= 15 is 0 Å². The molecule has 0 aromatic heterocycles. The van der Waals surface area contributed by atoms with E-state index in [4.69, 9.17) is 0 Å². The number of piperidine rings is 2. The lowest BCUT2D eigenvalue weighted by Crippen LogP contribution is -2.40. The van der Waals surface area contributed by atoms with Gasteiger partial charge in [-0.3, -0.25) is 4.79 Å². The maximum atomic E-state index is 13.7. The summed E-state index contributed by atoms with van der Waals surface area (Å²) >= 11 is 0. The molecule has 2 aliphatic heterocycles. The molecule has 0 aliphatic carbocycles. The predicted octanol–water partition coefficient (Wildman–Crippen LogP) is 4.12. The Morgan fingerprint density at radius 1 is 1.03 bits per heavy atom. The molecule has 0 atom stereocenters. The van der Waals surface area contributed by atoms with Gasteiger partial charge >= 0.3 is 0 Å². The Bertz CT molecular complexity index is 853. The van der Waals surface area contributed by atoms with Crippen LogP contribution in [0.4, 0.5) is 5.69 Å². The fourth-order valence-corrected chi connectivity index (χ4v) is 6.02. The van der Waals surface area contributed by atoms with E-state index < -0.39 is 10.0 Å². The van der Waals surface area contributed by atoms with Crippen molar-refractivity contribution in [1.29, 1.82) is 0 Å². The summed E-state index contributed by atoms with van der Waals surface area (Å²) in [5, 5.41) is 2.94. The summed E-state index contributed by atoms with van der Waals surface area (Å²) in [6, 6.07) is 5.22. The highest BCUT2D eigenvalue weighted by molar-refractivity contribution is 7.89. The molecule has 1 amide bonds. The van der Waals surface area contributed by atoms with Gasteiger partial charge in [-0.25, -0.2) is 8.42 Å². The molecule has 6 nitrogen and oxygen atoms in total. The van der Waals surface area contributed by atoms with E-state index in [-0.39, 0.29) is 10.8 Å². The van der Waals surface area contributed by atoms with Crippen LogP contribution in [0.25, 0.3) is 0 Å². The van der Waals surface area contributed by atoms with Gasteiger partial charge in [0, 0.05) is 38.3 Å². The summed E-state index contributed by atoms with van der Waals surface area (Å²) in [7, 11) is -3.66.